The summed E-state index contributed by atoms with van der Waals surface area (Å²) in [6.07, 6.45) is 9.04. The number of likely N-dealkylation sites (tertiary alicyclic amines) is 1. The van der Waals surface area contributed by atoms with Crippen molar-refractivity contribution in [3.63, 3.8) is 0 Å². The van der Waals surface area contributed by atoms with Crippen molar-refractivity contribution in [2.45, 2.75) is 25.8 Å². The number of phenols is 1. The second kappa shape index (κ2) is 7.80. The fourth-order valence-electron chi connectivity index (χ4n) is 3.62. The SMILES string of the molecule is O=C1/C(=C\C=C\c2ccccc2)Oc2c1ccc(O)c2CN1CCCCC1. The monoisotopic (exact) mass is 361 g/mol. The van der Waals surface area contributed by atoms with Gasteiger partial charge in [-0.05, 0) is 49.7 Å². The molecule has 2 aliphatic rings. The van der Waals surface area contributed by atoms with Gasteiger partial charge in [-0.2, -0.15) is 0 Å². The first-order chi connectivity index (χ1) is 13.2. The summed E-state index contributed by atoms with van der Waals surface area (Å²) in [4.78, 5) is 15.0. The first-order valence-electron chi connectivity index (χ1n) is 9.45. The van der Waals surface area contributed by atoms with Crippen molar-refractivity contribution in [3.05, 3.63) is 77.1 Å². The van der Waals surface area contributed by atoms with E-state index in [0.29, 0.717) is 29.2 Å². The number of piperidine rings is 1. The van der Waals surface area contributed by atoms with Crippen LogP contribution in [0.4, 0.5) is 0 Å². The average molecular weight is 361 g/mol. The molecule has 0 radical (unpaired) electrons. The lowest BCUT2D eigenvalue weighted by atomic mass is 10.0. The molecule has 4 rings (SSSR count). The minimum atomic E-state index is -0.136. The largest absolute Gasteiger partial charge is 0.507 e. The fourth-order valence-corrected chi connectivity index (χ4v) is 3.62. The van der Waals surface area contributed by atoms with Crippen molar-refractivity contribution in [3.8, 4) is 11.5 Å². The fraction of sp³-hybridized carbons (Fsp3) is 0.261. The third kappa shape index (κ3) is 3.81. The van der Waals surface area contributed by atoms with Crippen molar-refractivity contribution >= 4 is 11.9 Å². The second-order valence-corrected chi connectivity index (χ2v) is 7.01. The quantitative estimate of drug-likeness (QED) is 0.812. The molecule has 0 amide bonds. The van der Waals surface area contributed by atoms with E-state index < -0.39 is 0 Å². The van der Waals surface area contributed by atoms with Crippen LogP contribution in [0.15, 0.2) is 60.4 Å². The second-order valence-electron chi connectivity index (χ2n) is 7.01. The molecule has 2 aromatic carbocycles. The highest BCUT2D eigenvalue weighted by Gasteiger charge is 2.31. The minimum Gasteiger partial charge on any atom is -0.507 e. The van der Waals surface area contributed by atoms with E-state index in [4.69, 9.17) is 4.74 Å². The zero-order chi connectivity index (χ0) is 18.6. The molecule has 4 nitrogen and oxygen atoms in total. The van der Waals surface area contributed by atoms with Gasteiger partial charge in [0.05, 0.1) is 11.1 Å². The van der Waals surface area contributed by atoms with Crippen LogP contribution in [0.5, 0.6) is 11.5 Å². The third-order valence-electron chi connectivity index (χ3n) is 5.08. The Labute approximate surface area is 159 Å². The van der Waals surface area contributed by atoms with Crippen LogP contribution in [-0.2, 0) is 6.54 Å². The third-order valence-corrected chi connectivity index (χ3v) is 5.08. The highest BCUT2D eigenvalue weighted by molar-refractivity contribution is 6.12. The van der Waals surface area contributed by atoms with Crippen molar-refractivity contribution in [2.75, 3.05) is 13.1 Å². The summed E-state index contributed by atoms with van der Waals surface area (Å²) >= 11 is 0. The maximum atomic E-state index is 12.7. The van der Waals surface area contributed by atoms with Gasteiger partial charge in [-0.1, -0.05) is 48.9 Å². The van der Waals surface area contributed by atoms with E-state index in [2.05, 4.69) is 4.90 Å². The van der Waals surface area contributed by atoms with Gasteiger partial charge >= 0.3 is 0 Å². The normalized spacial score (nSPS) is 18.8. The predicted molar refractivity (Wildman–Crippen MR) is 106 cm³/mol. The summed E-state index contributed by atoms with van der Waals surface area (Å²) in [6.45, 7) is 2.63. The number of benzene rings is 2. The van der Waals surface area contributed by atoms with Gasteiger partial charge in [0, 0.05) is 6.54 Å². The number of nitrogens with zero attached hydrogens (tertiary/aromatic N) is 1. The molecule has 0 aromatic heterocycles. The van der Waals surface area contributed by atoms with Gasteiger partial charge in [0.25, 0.3) is 0 Å². The lowest BCUT2D eigenvalue weighted by Crippen LogP contribution is -2.29. The predicted octanol–water partition coefficient (Wildman–Crippen LogP) is 4.55. The first kappa shape index (κ1) is 17.6. The molecule has 0 saturated carbocycles. The van der Waals surface area contributed by atoms with Crippen LogP contribution in [0, 0.1) is 0 Å². The molecule has 1 N–H and O–H groups in total. The number of carbonyl (C=O) groups is 1. The maximum Gasteiger partial charge on any atom is 0.231 e. The summed E-state index contributed by atoms with van der Waals surface area (Å²) in [5, 5.41) is 10.4. The average Bonchev–Trinajstić information content (AvgIpc) is 3.02. The number of fused-ring (bicyclic) bond motifs is 1. The van der Waals surface area contributed by atoms with E-state index >= 15 is 0 Å². The number of carbonyl (C=O) groups excluding carboxylic acids is 1. The molecule has 2 aliphatic heterocycles. The summed E-state index contributed by atoms with van der Waals surface area (Å²) in [5.41, 5.74) is 2.29. The summed E-state index contributed by atoms with van der Waals surface area (Å²) in [7, 11) is 0. The Balaban J connectivity index is 1.56. The number of Topliss-reactive ketones (excluding diaryl/α,β-unsaturated/α-hetero) is 1. The molecule has 138 valence electrons. The standard InChI is InChI=1S/C23H23NO3/c25-20-13-12-18-22(26)21(11-7-10-17-8-3-1-4-9-17)27-23(18)19(20)16-24-14-5-2-6-15-24/h1,3-4,7-13,25H,2,5-6,14-16H2/b10-7+,21-11+. The Morgan fingerprint density at radius 3 is 2.59 bits per heavy atom. The number of ketones is 1. The lowest BCUT2D eigenvalue weighted by molar-refractivity contribution is 0.101. The maximum absolute atomic E-state index is 12.7. The minimum absolute atomic E-state index is 0.136. The Bertz CT molecular complexity index is 893. The van der Waals surface area contributed by atoms with Crippen LogP contribution in [0.2, 0.25) is 0 Å². The van der Waals surface area contributed by atoms with Gasteiger partial charge in [-0.25, -0.2) is 0 Å². The van der Waals surface area contributed by atoms with Crippen LogP contribution >= 0.6 is 0 Å². The molecule has 4 heteroatoms. The Morgan fingerprint density at radius 2 is 1.81 bits per heavy atom. The first-order valence-corrected chi connectivity index (χ1v) is 9.45. The molecule has 0 unspecified atom stereocenters. The zero-order valence-electron chi connectivity index (χ0n) is 15.2. The number of aromatic hydroxyl groups is 1. The van der Waals surface area contributed by atoms with Gasteiger partial charge < -0.3 is 9.84 Å². The molecule has 0 atom stereocenters. The Kier molecular flexibility index (Phi) is 5.07. The van der Waals surface area contributed by atoms with Gasteiger partial charge in [0.15, 0.2) is 5.76 Å². The number of hydrogen-bond acceptors (Lipinski definition) is 4. The zero-order valence-corrected chi connectivity index (χ0v) is 15.2. The molecule has 0 aliphatic carbocycles. The number of ether oxygens (including phenoxy) is 1. The van der Waals surface area contributed by atoms with E-state index in [1.54, 1.807) is 18.2 Å². The summed E-state index contributed by atoms with van der Waals surface area (Å²) in [6, 6.07) is 13.1. The molecule has 0 bridgehead atoms. The van der Waals surface area contributed by atoms with Crippen LogP contribution in [-0.4, -0.2) is 28.9 Å². The van der Waals surface area contributed by atoms with Crippen molar-refractivity contribution in [1.82, 2.24) is 4.90 Å². The number of phenolic OH excluding ortho intramolecular Hbond substituents is 1. The van der Waals surface area contributed by atoms with E-state index in [-0.39, 0.29) is 11.5 Å². The van der Waals surface area contributed by atoms with Crippen molar-refractivity contribution in [2.24, 2.45) is 0 Å². The Morgan fingerprint density at radius 1 is 1.04 bits per heavy atom. The number of allylic oxidation sites excluding steroid dienone is 3. The smallest absolute Gasteiger partial charge is 0.231 e. The summed E-state index contributed by atoms with van der Waals surface area (Å²) in [5.74, 6) is 0.850. The molecule has 0 spiro atoms. The van der Waals surface area contributed by atoms with Gasteiger partial charge in [-0.3, -0.25) is 9.69 Å². The van der Waals surface area contributed by atoms with Crippen LogP contribution in [0.1, 0.15) is 40.7 Å². The van der Waals surface area contributed by atoms with Crippen molar-refractivity contribution in [1.29, 1.82) is 0 Å². The Hall–Kier alpha value is -2.85. The molecular weight excluding hydrogens is 338 g/mol. The van der Waals surface area contributed by atoms with E-state index in [9.17, 15) is 9.90 Å². The summed E-state index contributed by atoms with van der Waals surface area (Å²) < 4.78 is 5.88. The molecule has 2 aromatic rings. The molecule has 1 saturated heterocycles. The number of hydrogen-bond donors (Lipinski definition) is 1. The van der Waals surface area contributed by atoms with Crippen molar-refractivity contribution < 1.29 is 14.6 Å². The molecule has 1 fully saturated rings. The lowest BCUT2D eigenvalue weighted by Gasteiger charge is -2.27. The number of rotatable bonds is 4. The van der Waals surface area contributed by atoms with E-state index in [1.807, 2.05) is 42.5 Å². The molecular formula is C23H23NO3. The highest BCUT2D eigenvalue weighted by atomic mass is 16.5. The van der Waals surface area contributed by atoms with Crippen LogP contribution < -0.4 is 4.74 Å². The van der Waals surface area contributed by atoms with Gasteiger partial charge in [0.2, 0.25) is 5.78 Å². The van der Waals surface area contributed by atoms with E-state index in [0.717, 1.165) is 18.7 Å². The van der Waals surface area contributed by atoms with Gasteiger partial charge in [-0.15, -0.1) is 0 Å². The topological polar surface area (TPSA) is 49.8 Å². The van der Waals surface area contributed by atoms with Crippen LogP contribution in [0.25, 0.3) is 6.08 Å². The molecule has 2 heterocycles. The van der Waals surface area contributed by atoms with Gasteiger partial charge in [0.1, 0.15) is 11.5 Å². The molecule has 27 heavy (non-hydrogen) atoms. The highest BCUT2D eigenvalue weighted by Crippen LogP contribution is 2.40. The van der Waals surface area contributed by atoms with E-state index in [1.165, 1.54) is 19.3 Å². The van der Waals surface area contributed by atoms with Crippen LogP contribution in [0.3, 0.4) is 0 Å².